The zero-order chi connectivity index (χ0) is 21.5. The summed E-state index contributed by atoms with van der Waals surface area (Å²) in [4.78, 5) is 0. The van der Waals surface area contributed by atoms with Gasteiger partial charge in [-0.05, 0) is 36.8 Å². The Hall–Kier alpha value is -3.35. The summed E-state index contributed by atoms with van der Waals surface area (Å²) >= 11 is 0. The van der Waals surface area contributed by atoms with Crippen LogP contribution in [0, 0.1) is 0 Å². The van der Waals surface area contributed by atoms with Gasteiger partial charge in [0.2, 0.25) is 11.5 Å². The Labute approximate surface area is 176 Å². The second-order valence-electron chi connectivity index (χ2n) is 6.53. The second-order valence-corrected chi connectivity index (χ2v) is 6.53. The molecule has 0 amide bonds. The highest BCUT2D eigenvalue weighted by Gasteiger charge is 2.24. The summed E-state index contributed by atoms with van der Waals surface area (Å²) in [5, 5.41) is 4.22. The Bertz CT molecular complexity index is 965. The number of aromatic nitrogens is 1. The van der Waals surface area contributed by atoms with Crippen molar-refractivity contribution in [2.24, 2.45) is 0 Å². The molecule has 0 aliphatic carbocycles. The third kappa shape index (κ3) is 4.30. The maximum Gasteiger partial charge on any atom is 0.207 e. The van der Waals surface area contributed by atoms with Crippen molar-refractivity contribution in [2.75, 3.05) is 35.0 Å². The number of nitrogens with zero attached hydrogens (tertiary/aromatic N) is 1. The van der Waals surface area contributed by atoms with E-state index in [2.05, 4.69) is 12.1 Å². The van der Waals surface area contributed by atoms with Gasteiger partial charge in [-0.3, -0.25) is 0 Å². The first-order chi connectivity index (χ1) is 14.7. The Morgan fingerprint density at radius 1 is 0.833 bits per heavy atom. The molecule has 0 unspecified atom stereocenters. The van der Waals surface area contributed by atoms with Gasteiger partial charge < -0.3 is 28.2 Å². The fourth-order valence-corrected chi connectivity index (χ4v) is 3.11. The quantitative estimate of drug-likeness (QED) is 0.422. The molecule has 7 heteroatoms. The van der Waals surface area contributed by atoms with Gasteiger partial charge in [-0.2, -0.15) is 0 Å². The van der Waals surface area contributed by atoms with Gasteiger partial charge in [-0.25, -0.2) is 0 Å². The summed E-state index contributed by atoms with van der Waals surface area (Å²) in [5.74, 6) is 3.31. The SMILES string of the molecule is CCCCOc1ccc(-c2cc(-c3cc(OC)c(OC)c(OC)c3OC)no2)cc1. The molecule has 3 rings (SSSR count). The number of hydrogen-bond acceptors (Lipinski definition) is 7. The minimum Gasteiger partial charge on any atom is -0.494 e. The molecule has 0 fully saturated rings. The molecule has 0 saturated carbocycles. The van der Waals surface area contributed by atoms with E-state index in [9.17, 15) is 0 Å². The second kappa shape index (κ2) is 9.91. The van der Waals surface area contributed by atoms with E-state index in [-0.39, 0.29) is 0 Å². The average Bonchev–Trinajstić information content (AvgIpc) is 3.28. The molecule has 0 aliphatic heterocycles. The predicted molar refractivity (Wildman–Crippen MR) is 114 cm³/mol. The van der Waals surface area contributed by atoms with E-state index in [0.29, 0.717) is 46.6 Å². The fourth-order valence-electron chi connectivity index (χ4n) is 3.11. The third-order valence-electron chi connectivity index (χ3n) is 4.68. The zero-order valence-electron chi connectivity index (χ0n) is 18.0. The van der Waals surface area contributed by atoms with E-state index in [0.717, 1.165) is 24.2 Å². The normalized spacial score (nSPS) is 10.6. The summed E-state index contributed by atoms with van der Waals surface area (Å²) in [7, 11) is 6.21. The lowest BCUT2D eigenvalue weighted by molar-refractivity contribution is 0.306. The maximum absolute atomic E-state index is 5.71. The highest BCUT2D eigenvalue weighted by atomic mass is 16.5. The lowest BCUT2D eigenvalue weighted by Crippen LogP contribution is -1.99. The van der Waals surface area contributed by atoms with Crippen LogP contribution in [0.5, 0.6) is 28.7 Å². The van der Waals surface area contributed by atoms with E-state index in [1.165, 1.54) is 0 Å². The maximum atomic E-state index is 5.71. The Kier molecular flexibility index (Phi) is 7.06. The van der Waals surface area contributed by atoms with Gasteiger partial charge >= 0.3 is 0 Å². The van der Waals surface area contributed by atoms with Gasteiger partial charge in [0.25, 0.3) is 0 Å². The number of benzene rings is 2. The first-order valence-electron chi connectivity index (χ1n) is 9.74. The van der Waals surface area contributed by atoms with Crippen LogP contribution in [0.2, 0.25) is 0 Å². The van der Waals surface area contributed by atoms with Crippen molar-refractivity contribution in [2.45, 2.75) is 19.8 Å². The number of hydrogen-bond donors (Lipinski definition) is 0. The fraction of sp³-hybridized carbons (Fsp3) is 0.348. The molecule has 1 aromatic heterocycles. The average molecular weight is 413 g/mol. The van der Waals surface area contributed by atoms with Crippen LogP contribution >= 0.6 is 0 Å². The smallest absolute Gasteiger partial charge is 0.207 e. The molecule has 2 aromatic carbocycles. The van der Waals surface area contributed by atoms with Gasteiger partial charge in [0.05, 0.1) is 40.6 Å². The minimum absolute atomic E-state index is 0.424. The van der Waals surface area contributed by atoms with Gasteiger partial charge in [0, 0.05) is 11.6 Å². The van der Waals surface area contributed by atoms with Crippen molar-refractivity contribution in [3.05, 3.63) is 36.4 Å². The largest absolute Gasteiger partial charge is 0.494 e. The monoisotopic (exact) mass is 413 g/mol. The lowest BCUT2D eigenvalue weighted by atomic mass is 10.1. The summed E-state index contributed by atoms with van der Waals surface area (Å²) < 4.78 is 33.3. The van der Waals surface area contributed by atoms with Crippen LogP contribution in [0.1, 0.15) is 19.8 Å². The van der Waals surface area contributed by atoms with E-state index >= 15 is 0 Å². The zero-order valence-corrected chi connectivity index (χ0v) is 18.0. The van der Waals surface area contributed by atoms with Crippen molar-refractivity contribution < 1.29 is 28.2 Å². The van der Waals surface area contributed by atoms with Crippen LogP contribution in [0.25, 0.3) is 22.6 Å². The van der Waals surface area contributed by atoms with Crippen LogP contribution in [0.15, 0.2) is 40.9 Å². The summed E-state index contributed by atoms with van der Waals surface area (Å²) in [6.45, 7) is 2.85. The van der Waals surface area contributed by atoms with Crippen molar-refractivity contribution in [3.63, 3.8) is 0 Å². The van der Waals surface area contributed by atoms with Crippen LogP contribution in [0.4, 0.5) is 0 Å². The molecule has 7 nitrogen and oxygen atoms in total. The number of ether oxygens (including phenoxy) is 5. The van der Waals surface area contributed by atoms with Gasteiger partial charge in [0.1, 0.15) is 11.4 Å². The number of rotatable bonds is 10. The van der Waals surface area contributed by atoms with E-state index < -0.39 is 0 Å². The van der Waals surface area contributed by atoms with Crippen LogP contribution < -0.4 is 23.7 Å². The van der Waals surface area contributed by atoms with E-state index in [4.69, 9.17) is 28.2 Å². The summed E-state index contributed by atoms with van der Waals surface area (Å²) in [5.41, 5.74) is 2.15. The van der Waals surface area contributed by atoms with Crippen molar-refractivity contribution >= 4 is 0 Å². The minimum atomic E-state index is 0.424. The van der Waals surface area contributed by atoms with Crippen LogP contribution in [-0.4, -0.2) is 40.2 Å². The van der Waals surface area contributed by atoms with Crippen molar-refractivity contribution in [3.8, 4) is 51.3 Å². The Morgan fingerprint density at radius 2 is 1.53 bits per heavy atom. The topological polar surface area (TPSA) is 72.2 Å². The first-order valence-corrected chi connectivity index (χ1v) is 9.74. The molecular formula is C23H27NO6. The summed E-state index contributed by atoms with van der Waals surface area (Å²) in [6, 6.07) is 11.4. The standard InChI is InChI=1S/C23H27NO6/c1-6-7-12-29-16-10-8-15(9-11-16)19-14-18(24-30-19)17-13-20(25-2)22(27-4)23(28-5)21(17)26-3/h8-11,13-14H,6-7,12H2,1-5H3. The van der Waals surface area contributed by atoms with E-state index in [1.807, 2.05) is 30.3 Å². The summed E-state index contributed by atoms with van der Waals surface area (Å²) in [6.07, 6.45) is 2.13. The number of unbranched alkanes of at least 4 members (excludes halogenated alkanes) is 1. The van der Waals surface area contributed by atoms with Crippen molar-refractivity contribution in [1.29, 1.82) is 0 Å². The van der Waals surface area contributed by atoms with E-state index in [1.54, 1.807) is 34.5 Å². The molecule has 0 bridgehead atoms. The number of methoxy groups -OCH3 is 4. The van der Waals surface area contributed by atoms with Gasteiger partial charge in [-0.15, -0.1) is 0 Å². The Balaban J connectivity index is 1.94. The molecule has 30 heavy (non-hydrogen) atoms. The molecule has 0 atom stereocenters. The molecule has 1 heterocycles. The predicted octanol–water partition coefficient (Wildman–Crippen LogP) is 5.22. The highest BCUT2D eigenvalue weighted by Crippen LogP contribution is 2.50. The van der Waals surface area contributed by atoms with Crippen molar-refractivity contribution in [1.82, 2.24) is 5.16 Å². The Morgan fingerprint density at radius 3 is 2.13 bits per heavy atom. The highest BCUT2D eigenvalue weighted by molar-refractivity contribution is 5.79. The van der Waals surface area contributed by atoms with Crippen LogP contribution in [-0.2, 0) is 0 Å². The van der Waals surface area contributed by atoms with Gasteiger partial charge in [-0.1, -0.05) is 18.5 Å². The molecular weight excluding hydrogens is 386 g/mol. The molecule has 0 saturated heterocycles. The molecule has 160 valence electrons. The van der Waals surface area contributed by atoms with Gasteiger partial charge in [0.15, 0.2) is 17.3 Å². The molecule has 0 spiro atoms. The molecule has 3 aromatic rings. The third-order valence-corrected chi connectivity index (χ3v) is 4.68. The first kappa shape index (κ1) is 21.4. The van der Waals surface area contributed by atoms with Crippen LogP contribution in [0.3, 0.4) is 0 Å². The molecule has 0 radical (unpaired) electrons. The molecule has 0 aliphatic rings. The molecule has 0 N–H and O–H groups in total. The lowest BCUT2D eigenvalue weighted by Gasteiger charge is -2.17.